The van der Waals surface area contributed by atoms with E-state index in [1.807, 2.05) is 30.5 Å². The van der Waals surface area contributed by atoms with Gasteiger partial charge in [-0.15, -0.1) is 11.3 Å². The van der Waals surface area contributed by atoms with Crippen LogP contribution in [0.15, 0.2) is 46.3 Å². The molecule has 1 fully saturated rings. The van der Waals surface area contributed by atoms with E-state index in [0.29, 0.717) is 34.7 Å². The van der Waals surface area contributed by atoms with Crippen molar-refractivity contribution in [2.75, 3.05) is 19.6 Å². The molecule has 1 saturated heterocycles. The van der Waals surface area contributed by atoms with Crippen LogP contribution >= 0.6 is 22.9 Å². The molecule has 1 aliphatic rings. The molecule has 2 aromatic heterocycles. The van der Waals surface area contributed by atoms with E-state index in [1.165, 1.54) is 11.3 Å². The highest BCUT2D eigenvalue weighted by Crippen LogP contribution is 2.31. The second kappa shape index (κ2) is 10.3. The van der Waals surface area contributed by atoms with E-state index >= 15 is 0 Å². The summed E-state index contributed by atoms with van der Waals surface area (Å²) < 4.78 is 5.56. The van der Waals surface area contributed by atoms with Crippen molar-refractivity contribution in [1.82, 2.24) is 19.9 Å². The van der Waals surface area contributed by atoms with Gasteiger partial charge in [0.1, 0.15) is 12.6 Å². The summed E-state index contributed by atoms with van der Waals surface area (Å²) in [4.78, 5) is 34.8. The van der Waals surface area contributed by atoms with E-state index in [0.717, 1.165) is 31.2 Å². The Morgan fingerprint density at radius 3 is 2.78 bits per heavy atom. The number of likely N-dealkylation sites (tertiary alicyclic amines) is 1. The summed E-state index contributed by atoms with van der Waals surface area (Å²) in [7, 11) is 0. The van der Waals surface area contributed by atoms with E-state index < -0.39 is 0 Å². The van der Waals surface area contributed by atoms with E-state index in [4.69, 9.17) is 16.1 Å². The van der Waals surface area contributed by atoms with Crippen molar-refractivity contribution in [2.45, 2.75) is 38.6 Å². The van der Waals surface area contributed by atoms with Crippen molar-refractivity contribution in [2.24, 2.45) is 0 Å². The number of carbonyl (C=O) groups is 2. The fourth-order valence-electron chi connectivity index (χ4n) is 3.91. The highest BCUT2D eigenvalue weighted by atomic mass is 35.5. The lowest BCUT2D eigenvalue weighted by Gasteiger charge is -2.35. The number of hydrogen-bond acceptors (Lipinski definition) is 6. The molecule has 3 heterocycles. The zero-order chi connectivity index (χ0) is 22.5. The minimum absolute atomic E-state index is 0.0409. The van der Waals surface area contributed by atoms with E-state index in [2.05, 4.69) is 10.1 Å². The molecule has 0 aliphatic carbocycles. The lowest BCUT2D eigenvalue weighted by molar-refractivity contribution is -0.136. The van der Waals surface area contributed by atoms with Gasteiger partial charge in [0.05, 0.1) is 4.88 Å². The Bertz CT molecular complexity index is 1050. The Balaban J connectivity index is 1.50. The normalized spacial score (nSPS) is 16.2. The van der Waals surface area contributed by atoms with Gasteiger partial charge >= 0.3 is 0 Å². The molecule has 4 rings (SSSR count). The van der Waals surface area contributed by atoms with Crippen LogP contribution < -0.4 is 0 Å². The first-order chi connectivity index (χ1) is 15.6. The molecule has 0 N–H and O–H groups in total. The van der Waals surface area contributed by atoms with Crippen LogP contribution in [0.1, 0.15) is 54.2 Å². The third-order valence-corrected chi connectivity index (χ3v) is 6.60. The largest absolute Gasteiger partial charge is 0.337 e. The number of rotatable bonds is 7. The third-order valence-electron chi connectivity index (χ3n) is 5.49. The first-order valence-corrected chi connectivity index (χ1v) is 12.0. The summed E-state index contributed by atoms with van der Waals surface area (Å²) in [5.41, 5.74) is 0.800. The predicted molar refractivity (Wildman–Crippen MR) is 124 cm³/mol. The number of nitrogens with zero attached hydrogens (tertiary/aromatic N) is 4. The Kier molecular flexibility index (Phi) is 7.22. The molecule has 0 spiro atoms. The fraction of sp³-hybridized carbons (Fsp3) is 0.391. The van der Waals surface area contributed by atoms with Crippen LogP contribution in [0.4, 0.5) is 0 Å². The minimum atomic E-state index is -0.287. The van der Waals surface area contributed by atoms with Crippen molar-refractivity contribution in [1.29, 1.82) is 0 Å². The highest BCUT2D eigenvalue weighted by Gasteiger charge is 2.33. The topological polar surface area (TPSA) is 79.5 Å². The molecule has 1 aliphatic heterocycles. The number of piperidine rings is 1. The van der Waals surface area contributed by atoms with Crippen molar-refractivity contribution >= 4 is 34.8 Å². The predicted octanol–water partition coefficient (Wildman–Crippen LogP) is 5.06. The summed E-state index contributed by atoms with van der Waals surface area (Å²) in [6.07, 6.45) is 3.41. The number of halogens is 1. The molecule has 1 atom stereocenters. The van der Waals surface area contributed by atoms with Crippen LogP contribution in [-0.4, -0.2) is 51.4 Å². The van der Waals surface area contributed by atoms with Gasteiger partial charge in [-0.05, 0) is 61.4 Å². The zero-order valence-corrected chi connectivity index (χ0v) is 19.4. The van der Waals surface area contributed by atoms with Crippen molar-refractivity contribution in [3.63, 3.8) is 0 Å². The van der Waals surface area contributed by atoms with Crippen LogP contribution in [0.2, 0.25) is 5.02 Å². The first kappa shape index (κ1) is 22.5. The number of thiophene rings is 1. The highest BCUT2D eigenvalue weighted by molar-refractivity contribution is 7.12. The maximum absolute atomic E-state index is 13.3. The Morgan fingerprint density at radius 1 is 1.25 bits per heavy atom. The average molecular weight is 473 g/mol. The average Bonchev–Trinajstić information content (AvgIpc) is 3.51. The lowest BCUT2D eigenvalue weighted by atomic mass is 10.0. The number of hydrogen-bond donors (Lipinski definition) is 0. The third kappa shape index (κ3) is 5.02. The quantitative estimate of drug-likeness (QED) is 0.480. The van der Waals surface area contributed by atoms with Crippen LogP contribution in [0.5, 0.6) is 0 Å². The Morgan fingerprint density at radius 2 is 2.06 bits per heavy atom. The van der Waals surface area contributed by atoms with E-state index in [-0.39, 0.29) is 24.4 Å². The number of benzene rings is 1. The fourth-order valence-corrected chi connectivity index (χ4v) is 4.72. The van der Waals surface area contributed by atoms with Gasteiger partial charge in [0.25, 0.3) is 5.91 Å². The molecule has 7 nitrogen and oxygen atoms in total. The van der Waals surface area contributed by atoms with Crippen molar-refractivity contribution in [3.05, 3.63) is 57.6 Å². The van der Waals surface area contributed by atoms with Gasteiger partial charge in [-0.3, -0.25) is 9.59 Å². The molecule has 32 heavy (non-hydrogen) atoms. The smallest absolute Gasteiger partial charge is 0.264 e. The molecule has 168 valence electrons. The molecule has 1 unspecified atom stereocenters. The summed E-state index contributed by atoms with van der Waals surface area (Å²) >= 11 is 7.35. The first-order valence-electron chi connectivity index (χ1n) is 10.8. The summed E-state index contributed by atoms with van der Waals surface area (Å²) in [6, 6.07) is 10.6. The standard InChI is InChI=1S/C23H25ClN4O3S/c1-2-12-27(23(30)19-7-5-14-32-19)15-20(29)28-13-4-3-6-18(28)22-25-21(26-31-22)16-8-10-17(24)11-9-16/h5,7-11,14,18H,2-4,6,12-13,15H2,1H3. The van der Waals surface area contributed by atoms with Gasteiger partial charge in [0.2, 0.25) is 17.6 Å². The monoisotopic (exact) mass is 472 g/mol. The summed E-state index contributed by atoms with van der Waals surface area (Å²) in [6.45, 7) is 3.18. The minimum Gasteiger partial charge on any atom is -0.337 e. The maximum atomic E-state index is 13.3. The number of amides is 2. The molecular weight excluding hydrogens is 448 g/mol. The molecule has 3 aromatic rings. The lowest BCUT2D eigenvalue weighted by Crippen LogP contribution is -2.46. The Labute approximate surface area is 196 Å². The SMILES string of the molecule is CCCN(CC(=O)N1CCCCC1c1nc(-c2ccc(Cl)cc2)no1)C(=O)c1cccs1. The van der Waals surface area contributed by atoms with Gasteiger partial charge in [0, 0.05) is 23.7 Å². The maximum Gasteiger partial charge on any atom is 0.264 e. The molecule has 9 heteroatoms. The van der Waals surface area contributed by atoms with Crippen LogP contribution in [0, 0.1) is 0 Å². The zero-order valence-electron chi connectivity index (χ0n) is 17.9. The van der Waals surface area contributed by atoms with Crippen LogP contribution in [0.3, 0.4) is 0 Å². The summed E-state index contributed by atoms with van der Waals surface area (Å²) in [5.74, 6) is 0.690. The Hall–Kier alpha value is -2.71. The van der Waals surface area contributed by atoms with Gasteiger partial charge in [0.15, 0.2) is 0 Å². The molecule has 0 saturated carbocycles. The number of aromatic nitrogens is 2. The van der Waals surface area contributed by atoms with Gasteiger partial charge in [-0.25, -0.2) is 0 Å². The van der Waals surface area contributed by atoms with Gasteiger partial charge < -0.3 is 14.3 Å². The summed E-state index contributed by atoms with van der Waals surface area (Å²) in [5, 5.41) is 6.61. The molecular formula is C23H25ClN4O3S. The van der Waals surface area contributed by atoms with E-state index in [1.54, 1.807) is 28.0 Å². The molecule has 2 amide bonds. The van der Waals surface area contributed by atoms with Gasteiger partial charge in [-0.2, -0.15) is 4.98 Å². The van der Waals surface area contributed by atoms with Crippen LogP contribution in [0.25, 0.3) is 11.4 Å². The van der Waals surface area contributed by atoms with Gasteiger partial charge in [-0.1, -0.05) is 29.7 Å². The van der Waals surface area contributed by atoms with Crippen LogP contribution in [-0.2, 0) is 4.79 Å². The van der Waals surface area contributed by atoms with Crippen molar-refractivity contribution in [3.8, 4) is 11.4 Å². The van der Waals surface area contributed by atoms with E-state index in [9.17, 15) is 9.59 Å². The van der Waals surface area contributed by atoms with Crippen molar-refractivity contribution < 1.29 is 14.1 Å². The second-order valence-corrected chi connectivity index (χ2v) is 9.15. The number of carbonyl (C=O) groups excluding carboxylic acids is 2. The molecule has 0 radical (unpaired) electrons. The second-order valence-electron chi connectivity index (χ2n) is 7.77. The molecule has 0 bridgehead atoms. The molecule has 1 aromatic carbocycles.